The van der Waals surface area contributed by atoms with Crippen molar-refractivity contribution in [3.8, 4) is 5.75 Å². The number of hydrogen-bond donors (Lipinski definition) is 2. The van der Waals surface area contributed by atoms with Crippen molar-refractivity contribution in [3.05, 3.63) is 65.7 Å². The Morgan fingerprint density at radius 2 is 1.68 bits per heavy atom. The molecule has 2 aromatic rings. The molecule has 0 saturated heterocycles. The van der Waals surface area contributed by atoms with E-state index in [0.717, 1.165) is 11.3 Å². The Morgan fingerprint density at radius 3 is 2.36 bits per heavy atom. The summed E-state index contributed by atoms with van der Waals surface area (Å²) in [6, 6.07) is 15.3. The Labute approximate surface area is 164 Å². The fraction of sp³-hybridized carbons (Fsp3) is 0.286. The van der Waals surface area contributed by atoms with Crippen LogP contribution in [-0.4, -0.2) is 31.6 Å². The van der Waals surface area contributed by atoms with Crippen molar-refractivity contribution in [1.82, 2.24) is 10.6 Å². The van der Waals surface area contributed by atoms with Gasteiger partial charge in [-0.05, 0) is 25.0 Å². The summed E-state index contributed by atoms with van der Waals surface area (Å²) in [4.78, 5) is 36.2. The maximum atomic E-state index is 12.4. The summed E-state index contributed by atoms with van der Waals surface area (Å²) in [6.07, 6.45) is -0.734. The molecule has 0 heterocycles. The molecule has 0 saturated carbocycles. The first kappa shape index (κ1) is 21.0. The zero-order valence-electron chi connectivity index (χ0n) is 15.9. The molecule has 2 rings (SSSR count). The number of carbonyl (C=O) groups is 3. The Bertz CT molecular complexity index is 807. The van der Waals surface area contributed by atoms with Gasteiger partial charge in [-0.2, -0.15) is 0 Å². The van der Waals surface area contributed by atoms with Gasteiger partial charge in [0.1, 0.15) is 5.75 Å². The highest BCUT2D eigenvalue weighted by Gasteiger charge is 2.26. The Hall–Kier alpha value is -3.35. The Morgan fingerprint density at radius 1 is 1.00 bits per heavy atom. The lowest BCUT2D eigenvalue weighted by Gasteiger charge is -2.17. The maximum Gasteiger partial charge on any atom is 0.321 e. The third-order valence-electron chi connectivity index (χ3n) is 3.92. The van der Waals surface area contributed by atoms with Crippen LogP contribution in [-0.2, 0) is 20.7 Å². The summed E-state index contributed by atoms with van der Waals surface area (Å²) >= 11 is 0. The molecule has 0 spiro atoms. The molecule has 0 aliphatic heterocycles. The number of benzene rings is 2. The first-order valence-electron chi connectivity index (χ1n) is 9.02. The molecule has 7 nitrogen and oxygen atoms in total. The molecule has 0 radical (unpaired) electrons. The molecule has 28 heavy (non-hydrogen) atoms. The van der Waals surface area contributed by atoms with Crippen molar-refractivity contribution in [2.75, 3.05) is 13.7 Å². The summed E-state index contributed by atoms with van der Waals surface area (Å²) in [7, 11) is 1.39. The number of nitrogens with one attached hydrogen (secondary N) is 2. The Balaban J connectivity index is 2.06. The van der Waals surface area contributed by atoms with E-state index in [9.17, 15) is 14.4 Å². The fourth-order valence-electron chi connectivity index (χ4n) is 2.57. The van der Waals surface area contributed by atoms with E-state index in [1.165, 1.54) is 7.05 Å². The average Bonchev–Trinajstić information content (AvgIpc) is 2.72. The number of aryl methyl sites for hydroxylation is 1. The fourth-order valence-corrected chi connectivity index (χ4v) is 2.57. The second-order valence-corrected chi connectivity index (χ2v) is 5.89. The van der Waals surface area contributed by atoms with Crippen LogP contribution < -0.4 is 15.4 Å². The van der Waals surface area contributed by atoms with Crippen molar-refractivity contribution < 1.29 is 23.9 Å². The van der Waals surface area contributed by atoms with Crippen LogP contribution in [0.4, 0.5) is 4.79 Å². The Kier molecular flexibility index (Phi) is 8.02. The molecular weight excluding hydrogens is 360 g/mol. The third-order valence-corrected chi connectivity index (χ3v) is 3.92. The average molecular weight is 384 g/mol. The van der Waals surface area contributed by atoms with Gasteiger partial charge in [0.25, 0.3) is 5.91 Å². The number of carbonyl (C=O) groups excluding carboxylic acids is 3. The highest BCUT2D eigenvalue weighted by molar-refractivity contribution is 5.97. The van der Waals surface area contributed by atoms with Crippen molar-refractivity contribution in [2.24, 2.45) is 0 Å². The highest BCUT2D eigenvalue weighted by atomic mass is 16.5. The molecule has 0 unspecified atom stereocenters. The van der Waals surface area contributed by atoms with Gasteiger partial charge in [-0.15, -0.1) is 0 Å². The zero-order valence-corrected chi connectivity index (χ0v) is 15.9. The van der Waals surface area contributed by atoms with Crippen LogP contribution in [0, 0.1) is 0 Å². The molecule has 7 heteroatoms. The van der Waals surface area contributed by atoms with Gasteiger partial charge in [-0.3, -0.25) is 14.9 Å². The number of para-hydroxylation sites is 1. The van der Waals surface area contributed by atoms with Crippen molar-refractivity contribution in [1.29, 1.82) is 0 Å². The molecule has 3 amide bonds. The minimum atomic E-state index is -1.21. The smallest absolute Gasteiger partial charge is 0.321 e. The van der Waals surface area contributed by atoms with E-state index in [0.29, 0.717) is 18.6 Å². The summed E-state index contributed by atoms with van der Waals surface area (Å²) in [5.41, 5.74) is 1.36. The van der Waals surface area contributed by atoms with Gasteiger partial charge in [0.05, 0.1) is 6.61 Å². The van der Waals surface area contributed by atoms with Gasteiger partial charge >= 0.3 is 12.0 Å². The number of urea groups is 1. The van der Waals surface area contributed by atoms with E-state index in [2.05, 4.69) is 10.6 Å². The molecular formula is C21H24N2O5. The number of hydrogen-bond acceptors (Lipinski definition) is 5. The van der Waals surface area contributed by atoms with Crippen LogP contribution in [0.5, 0.6) is 5.75 Å². The molecule has 2 aromatic carbocycles. The quantitative estimate of drug-likeness (QED) is 0.683. The first-order chi connectivity index (χ1) is 13.5. The predicted molar refractivity (Wildman–Crippen MR) is 104 cm³/mol. The van der Waals surface area contributed by atoms with E-state index in [1.54, 1.807) is 30.3 Å². The topological polar surface area (TPSA) is 93.7 Å². The third kappa shape index (κ3) is 6.12. The van der Waals surface area contributed by atoms with Crippen LogP contribution in [0.1, 0.15) is 30.6 Å². The van der Waals surface area contributed by atoms with Crippen LogP contribution in [0.3, 0.4) is 0 Å². The van der Waals surface area contributed by atoms with Gasteiger partial charge in [-0.25, -0.2) is 4.79 Å². The van der Waals surface area contributed by atoms with Crippen molar-refractivity contribution >= 4 is 17.9 Å². The second-order valence-electron chi connectivity index (χ2n) is 5.89. The number of imide groups is 1. The van der Waals surface area contributed by atoms with Crippen LogP contribution in [0.15, 0.2) is 54.6 Å². The van der Waals surface area contributed by atoms with E-state index >= 15 is 0 Å². The van der Waals surface area contributed by atoms with E-state index in [1.807, 2.05) is 31.2 Å². The normalized spacial score (nSPS) is 11.2. The molecule has 0 aliphatic carbocycles. The maximum absolute atomic E-state index is 12.4. The lowest BCUT2D eigenvalue weighted by molar-refractivity contribution is -0.156. The minimum Gasteiger partial charge on any atom is -0.494 e. The summed E-state index contributed by atoms with van der Waals surface area (Å²) in [5.74, 6) is -0.546. The molecule has 0 aromatic heterocycles. The highest BCUT2D eigenvalue weighted by Crippen LogP contribution is 2.22. The van der Waals surface area contributed by atoms with Gasteiger partial charge in [0.2, 0.25) is 6.10 Å². The van der Waals surface area contributed by atoms with Gasteiger partial charge in [0, 0.05) is 19.0 Å². The second kappa shape index (κ2) is 10.7. The van der Waals surface area contributed by atoms with E-state index in [-0.39, 0.29) is 6.42 Å². The lowest BCUT2D eigenvalue weighted by Crippen LogP contribution is -2.41. The van der Waals surface area contributed by atoms with Crippen LogP contribution in [0.2, 0.25) is 0 Å². The van der Waals surface area contributed by atoms with Gasteiger partial charge in [0.15, 0.2) is 0 Å². The number of amides is 3. The number of rotatable bonds is 8. The predicted octanol–water partition coefficient (Wildman–Crippen LogP) is 2.76. The molecule has 1 atom stereocenters. The summed E-state index contributed by atoms with van der Waals surface area (Å²) < 4.78 is 10.9. The van der Waals surface area contributed by atoms with E-state index < -0.39 is 24.0 Å². The van der Waals surface area contributed by atoms with Crippen LogP contribution in [0.25, 0.3) is 0 Å². The molecule has 148 valence electrons. The monoisotopic (exact) mass is 384 g/mol. The van der Waals surface area contributed by atoms with Crippen molar-refractivity contribution in [3.63, 3.8) is 0 Å². The largest absolute Gasteiger partial charge is 0.494 e. The zero-order chi connectivity index (χ0) is 20.4. The lowest BCUT2D eigenvalue weighted by atomic mass is 10.1. The first-order valence-corrected chi connectivity index (χ1v) is 9.02. The SMILES string of the molecule is CCOc1ccccc1CCC(=O)O[C@@H](C(=O)NC(=O)NC)c1ccccc1. The van der Waals surface area contributed by atoms with Gasteiger partial charge in [-0.1, -0.05) is 48.5 Å². The standard InChI is InChI=1S/C21H24N2O5/c1-3-27-17-12-8-7-9-15(17)13-14-18(24)28-19(16-10-5-4-6-11-16)20(25)23-21(26)22-2/h4-12,19H,3,13-14H2,1-2H3,(H2,22,23,25,26)/t19-/m1/s1. The summed E-state index contributed by atoms with van der Waals surface area (Å²) in [6.45, 7) is 2.41. The molecule has 0 bridgehead atoms. The minimum absolute atomic E-state index is 0.0701. The van der Waals surface area contributed by atoms with Crippen molar-refractivity contribution in [2.45, 2.75) is 25.9 Å². The molecule has 0 aliphatic rings. The van der Waals surface area contributed by atoms with Gasteiger partial charge < -0.3 is 14.8 Å². The van der Waals surface area contributed by atoms with Crippen LogP contribution >= 0.6 is 0 Å². The van der Waals surface area contributed by atoms with E-state index in [4.69, 9.17) is 9.47 Å². The molecule has 2 N–H and O–H groups in total. The summed E-state index contributed by atoms with van der Waals surface area (Å²) in [5, 5.41) is 4.44. The number of ether oxygens (including phenoxy) is 2. The number of esters is 1. The molecule has 0 fully saturated rings.